The van der Waals surface area contributed by atoms with Crippen molar-refractivity contribution in [3.63, 3.8) is 0 Å². The Morgan fingerprint density at radius 1 is 1.59 bits per heavy atom. The van der Waals surface area contributed by atoms with Crippen LogP contribution >= 0.6 is 0 Å². The first-order chi connectivity index (χ1) is 7.97. The number of hydrogen-bond donors (Lipinski definition) is 2. The second-order valence-corrected chi connectivity index (χ2v) is 3.18. The van der Waals surface area contributed by atoms with Crippen LogP contribution in [-0.2, 0) is 16.0 Å². The molecule has 0 aliphatic heterocycles. The van der Waals surface area contributed by atoms with Crippen LogP contribution in [0.25, 0.3) is 0 Å². The van der Waals surface area contributed by atoms with Gasteiger partial charge in [0.25, 0.3) is 12.0 Å². The third-order valence-electron chi connectivity index (χ3n) is 2.05. The molecule has 0 unspecified atom stereocenters. The Hall–Kier alpha value is -1.92. The summed E-state index contributed by atoms with van der Waals surface area (Å²) in [4.78, 5) is 24.4. The zero-order chi connectivity index (χ0) is 13.0. The number of rotatable bonds is 4. The number of alkyl halides is 2. The van der Waals surface area contributed by atoms with E-state index in [0.717, 1.165) is 6.20 Å². The Bertz CT molecular complexity index is 470. The molecule has 1 aromatic rings. The molecule has 1 aromatic heterocycles. The molecule has 0 aliphatic carbocycles. The van der Waals surface area contributed by atoms with E-state index in [-0.39, 0.29) is 6.61 Å². The number of hydrogen-bond acceptors (Lipinski definition) is 4. The van der Waals surface area contributed by atoms with Gasteiger partial charge < -0.3 is 14.8 Å². The fourth-order valence-electron chi connectivity index (χ4n) is 1.27. The zero-order valence-corrected chi connectivity index (χ0v) is 9.00. The van der Waals surface area contributed by atoms with Crippen LogP contribution in [0.3, 0.4) is 0 Å². The second kappa shape index (κ2) is 5.42. The molecule has 1 heterocycles. The van der Waals surface area contributed by atoms with Crippen molar-refractivity contribution in [2.24, 2.45) is 0 Å². The number of aromatic nitrogens is 1. The lowest BCUT2D eigenvalue weighted by molar-refractivity contribution is -0.142. The minimum Gasteiger partial charge on any atom is -0.507 e. The van der Waals surface area contributed by atoms with Crippen molar-refractivity contribution in [1.29, 1.82) is 0 Å². The molecule has 1 rings (SSSR count). The highest BCUT2D eigenvalue weighted by Gasteiger charge is 2.20. The van der Waals surface area contributed by atoms with E-state index in [4.69, 9.17) is 0 Å². The molecule has 0 saturated carbocycles. The fraction of sp³-hybridized carbons (Fsp3) is 0.400. The smallest absolute Gasteiger partial charge is 0.310 e. The van der Waals surface area contributed by atoms with Gasteiger partial charge in [0, 0.05) is 6.20 Å². The van der Waals surface area contributed by atoms with Gasteiger partial charge in [-0.25, -0.2) is 8.78 Å². The molecule has 0 bridgehead atoms. The zero-order valence-electron chi connectivity index (χ0n) is 9.00. The predicted molar refractivity (Wildman–Crippen MR) is 54.0 cm³/mol. The lowest BCUT2D eigenvalue weighted by Gasteiger charge is -2.07. The van der Waals surface area contributed by atoms with Crippen molar-refractivity contribution in [3.05, 3.63) is 27.7 Å². The molecule has 7 heteroatoms. The van der Waals surface area contributed by atoms with Crippen molar-refractivity contribution >= 4 is 5.97 Å². The second-order valence-electron chi connectivity index (χ2n) is 3.18. The van der Waals surface area contributed by atoms with E-state index in [0.29, 0.717) is 0 Å². The normalized spacial score (nSPS) is 10.6. The fourth-order valence-corrected chi connectivity index (χ4v) is 1.27. The number of pyridine rings is 1. The summed E-state index contributed by atoms with van der Waals surface area (Å²) in [6, 6.07) is 0. The third-order valence-corrected chi connectivity index (χ3v) is 2.05. The number of carbonyl (C=O) groups is 1. The Labute approximate surface area is 95.0 Å². The van der Waals surface area contributed by atoms with Crippen LogP contribution in [0.1, 0.15) is 24.5 Å². The molecule has 0 amide bonds. The van der Waals surface area contributed by atoms with Gasteiger partial charge in [-0.15, -0.1) is 0 Å². The number of H-pyrrole nitrogens is 1. The molecule has 17 heavy (non-hydrogen) atoms. The van der Waals surface area contributed by atoms with Gasteiger partial charge in [0.2, 0.25) is 0 Å². The van der Waals surface area contributed by atoms with Gasteiger partial charge >= 0.3 is 5.97 Å². The molecule has 0 aliphatic rings. The number of aromatic amines is 1. The number of aromatic hydroxyl groups is 1. The van der Waals surface area contributed by atoms with Gasteiger partial charge in [0.05, 0.1) is 24.2 Å². The summed E-state index contributed by atoms with van der Waals surface area (Å²) in [7, 11) is 0. The molecular weight excluding hydrogens is 236 g/mol. The monoisotopic (exact) mass is 247 g/mol. The van der Waals surface area contributed by atoms with Crippen LogP contribution in [-0.4, -0.2) is 22.7 Å². The van der Waals surface area contributed by atoms with Crippen LogP contribution < -0.4 is 5.56 Å². The first kappa shape index (κ1) is 13.1. The summed E-state index contributed by atoms with van der Waals surface area (Å²) in [6.07, 6.45) is -2.76. The maximum atomic E-state index is 12.4. The molecule has 0 aromatic carbocycles. The lowest BCUT2D eigenvalue weighted by Crippen LogP contribution is -2.18. The van der Waals surface area contributed by atoms with Crippen molar-refractivity contribution in [3.8, 4) is 5.75 Å². The Morgan fingerprint density at radius 3 is 2.76 bits per heavy atom. The van der Waals surface area contributed by atoms with E-state index >= 15 is 0 Å². The highest BCUT2D eigenvalue weighted by Crippen LogP contribution is 2.28. The van der Waals surface area contributed by atoms with Gasteiger partial charge in [0.15, 0.2) is 0 Å². The molecule has 0 fully saturated rings. The maximum absolute atomic E-state index is 12.4. The first-order valence-electron chi connectivity index (χ1n) is 4.84. The molecular formula is C10H11F2NO4. The summed E-state index contributed by atoms with van der Waals surface area (Å²) in [5.74, 6) is -1.63. The van der Waals surface area contributed by atoms with E-state index < -0.39 is 41.3 Å². The standard InChI is InChI=1S/C10H11F2NO4/c1-2-17-7(14)3-5-8(15)6(9(11)12)4-13-10(5)16/h4,9H,2-3H2,1H3,(H2,13,15,16). The number of carbonyl (C=O) groups excluding carboxylic acids is 1. The predicted octanol–water partition coefficient (Wildman–Crippen LogP) is 1.12. The van der Waals surface area contributed by atoms with Crippen LogP contribution in [0.2, 0.25) is 0 Å². The highest BCUT2D eigenvalue weighted by molar-refractivity contribution is 5.73. The van der Waals surface area contributed by atoms with E-state index in [1.54, 1.807) is 6.92 Å². The van der Waals surface area contributed by atoms with Crippen LogP contribution in [0.15, 0.2) is 11.0 Å². The minimum atomic E-state index is -2.94. The van der Waals surface area contributed by atoms with Crippen LogP contribution in [0, 0.1) is 0 Å². The maximum Gasteiger partial charge on any atom is 0.310 e. The van der Waals surface area contributed by atoms with Gasteiger partial charge in [0.1, 0.15) is 5.75 Å². The van der Waals surface area contributed by atoms with E-state index in [2.05, 4.69) is 4.74 Å². The summed E-state index contributed by atoms with van der Waals surface area (Å²) < 4.78 is 29.4. The van der Waals surface area contributed by atoms with Crippen molar-refractivity contribution in [2.45, 2.75) is 19.8 Å². The SMILES string of the molecule is CCOC(=O)Cc1c(O)c(C(F)F)c[nH]c1=O. The molecule has 0 atom stereocenters. The van der Waals surface area contributed by atoms with Crippen molar-refractivity contribution in [1.82, 2.24) is 4.98 Å². The number of esters is 1. The van der Waals surface area contributed by atoms with Gasteiger partial charge in [-0.1, -0.05) is 0 Å². The molecule has 0 saturated heterocycles. The summed E-state index contributed by atoms with van der Waals surface area (Å²) in [5, 5.41) is 9.45. The average molecular weight is 247 g/mol. The lowest BCUT2D eigenvalue weighted by atomic mass is 10.1. The van der Waals surface area contributed by atoms with Gasteiger partial charge in [-0.05, 0) is 6.92 Å². The quantitative estimate of drug-likeness (QED) is 0.781. The molecule has 94 valence electrons. The van der Waals surface area contributed by atoms with E-state index in [9.17, 15) is 23.5 Å². The van der Waals surface area contributed by atoms with Crippen LogP contribution in [0.5, 0.6) is 5.75 Å². The van der Waals surface area contributed by atoms with Crippen molar-refractivity contribution < 1.29 is 23.4 Å². The number of halogens is 2. The third kappa shape index (κ3) is 3.02. The number of ether oxygens (including phenoxy) is 1. The molecule has 0 radical (unpaired) electrons. The Balaban J connectivity index is 3.10. The molecule has 2 N–H and O–H groups in total. The van der Waals surface area contributed by atoms with Gasteiger partial charge in [-0.3, -0.25) is 9.59 Å². The van der Waals surface area contributed by atoms with Crippen LogP contribution in [0.4, 0.5) is 8.78 Å². The van der Waals surface area contributed by atoms with E-state index in [1.807, 2.05) is 4.98 Å². The van der Waals surface area contributed by atoms with E-state index in [1.165, 1.54) is 0 Å². The average Bonchev–Trinajstić information content (AvgIpc) is 2.24. The Morgan fingerprint density at radius 2 is 2.24 bits per heavy atom. The first-order valence-corrected chi connectivity index (χ1v) is 4.84. The largest absolute Gasteiger partial charge is 0.507 e. The topological polar surface area (TPSA) is 79.4 Å². The molecule has 5 nitrogen and oxygen atoms in total. The Kier molecular flexibility index (Phi) is 4.19. The van der Waals surface area contributed by atoms with Crippen molar-refractivity contribution in [2.75, 3.05) is 6.61 Å². The summed E-state index contributed by atoms with van der Waals surface area (Å²) in [6.45, 7) is 1.67. The summed E-state index contributed by atoms with van der Waals surface area (Å²) in [5.41, 5.74) is -1.93. The minimum absolute atomic E-state index is 0.103. The molecule has 0 spiro atoms. The highest BCUT2D eigenvalue weighted by atomic mass is 19.3. The number of nitrogens with one attached hydrogen (secondary N) is 1. The summed E-state index contributed by atoms with van der Waals surface area (Å²) >= 11 is 0. The van der Waals surface area contributed by atoms with Gasteiger partial charge in [-0.2, -0.15) is 0 Å².